The molecule has 12 heavy (non-hydrogen) atoms. The van der Waals surface area contributed by atoms with Crippen LogP contribution < -0.4 is 5.32 Å². The summed E-state index contributed by atoms with van der Waals surface area (Å²) >= 11 is 0. The molecule has 0 aromatic heterocycles. The highest BCUT2D eigenvalue weighted by Crippen LogP contribution is 2.53. The third-order valence-corrected chi connectivity index (χ3v) is 2.69. The molecule has 0 unspecified atom stereocenters. The van der Waals surface area contributed by atoms with E-state index >= 15 is 0 Å². The molecule has 2 saturated heterocycles. The molecule has 3 rings (SSSR count). The summed E-state index contributed by atoms with van der Waals surface area (Å²) in [5.74, 6) is -1.68. The summed E-state index contributed by atoms with van der Waals surface area (Å²) in [6.45, 7) is 0.0623. The van der Waals surface area contributed by atoms with Crippen molar-refractivity contribution in [2.75, 3.05) is 6.54 Å². The first-order valence-electron chi connectivity index (χ1n) is 3.69. The van der Waals surface area contributed by atoms with Crippen molar-refractivity contribution in [1.82, 2.24) is 5.32 Å². The van der Waals surface area contributed by atoms with Crippen LogP contribution in [-0.4, -0.2) is 29.2 Å². The van der Waals surface area contributed by atoms with E-state index in [2.05, 4.69) is 5.32 Å². The number of rotatable bonds is 1. The van der Waals surface area contributed by atoms with E-state index in [0.29, 0.717) is 0 Å². The van der Waals surface area contributed by atoms with Crippen molar-refractivity contribution < 1.29 is 19.1 Å². The Morgan fingerprint density at radius 1 is 1.58 bits per heavy atom. The molecule has 0 radical (unpaired) electrons. The normalized spacial score (nSPS) is 44.6. The summed E-state index contributed by atoms with van der Waals surface area (Å²) in [5.41, 5.74) is -2.93. The Bertz CT molecular complexity index is 270. The van der Waals surface area contributed by atoms with Gasteiger partial charge in [0, 0.05) is 19.4 Å². The van der Waals surface area contributed by atoms with Gasteiger partial charge in [-0.1, -0.05) is 0 Å². The van der Waals surface area contributed by atoms with Crippen molar-refractivity contribution in [3.63, 3.8) is 0 Å². The maximum Gasteiger partial charge on any atom is 0.311 e. The molecule has 0 aromatic rings. The van der Waals surface area contributed by atoms with Crippen LogP contribution in [0.4, 0.5) is 4.39 Å². The monoisotopic (exact) mass is 173 g/mol. The van der Waals surface area contributed by atoms with E-state index in [0.717, 1.165) is 0 Å². The Morgan fingerprint density at radius 2 is 2.17 bits per heavy atom. The van der Waals surface area contributed by atoms with Crippen LogP contribution in [0.5, 0.6) is 0 Å². The number of piperidine rings is 2. The van der Waals surface area contributed by atoms with Crippen LogP contribution in [0, 0.1) is 5.41 Å². The largest absolute Gasteiger partial charge is 0.481 e. The molecule has 2 aliphatic heterocycles. The first-order valence-corrected chi connectivity index (χ1v) is 3.69. The number of fused-ring (bicyclic) bond motifs is 2. The number of carbonyl (C=O) groups excluding carboxylic acids is 1. The Morgan fingerprint density at radius 3 is 2.58 bits per heavy atom. The van der Waals surface area contributed by atoms with Crippen molar-refractivity contribution >= 4 is 11.9 Å². The molecular weight excluding hydrogens is 165 g/mol. The highest BCUT2D eigenvalue weighted by molar-refractivity contribution is 5.93. The molecule has 1 aliphatic carbocycles. The van der Waals surface area contributed by atoms with E-state index in [1.165, 1.54) is 0 Å². The third-order valence-electron chi connectivity index (χ3n) is 2.69. The molecule has 1 amide bonds. The van der Waals surface area contributed by atoms with Crippen LogP contribution >= 0.6 is 0 Å². The number of amides is 1. The molecule has 66 valence electrons. The van der Waals surface area contributed by atoms with Crippen LogP contribution in [0.1, 0.15) is 12.8 Å². The number of hydrogen-bond acceptors (Lipinski definition) is 2. The molecule has 5 heteroatoms. The molecule has 0 spiro atoms. The van der Waals surface area contributed by atoms with Gasteiger partial charge in [-0.15, -0.1) is 0 Å². The molecule has 0 aromatic carbocycles. The van der Waals surface area contributed by atoms with Gasteiger partial charge in [-0.05, 0) is 0 Å². The van der Waals surface area contributed by atoms with Gasteiger partial charge in [0.1, 0.15) is 0 Å². The lowest BCUT2D eigenvalue weighted by Crippen LogP contribution is -2.69. The number of carboxylic acid groups (broad SMARTS) is 1. The molecule has 3 fully saturated rings. The predicted octanol–water partition coefficient (Wildman–Crippen LogP) is -0.311. The van der Waals surface area contributed by atoms with Gasteiger partial charge in [0.15, 0.2) is 5.67 Å². The summed E-state index contributed by atoms with van der Waals surface area (Å²) in [5, 5.41) is 11.0. The van der Waals surface area contributed by atoms with Gasteiger partial charge >= 0.3 is 5.97 Å². The smallest absolute Gasteiger partial charge is 0.311 e. The van der Waals surface area contributed by atoms with Crippen LogP contribution in [-0.2, 0) is 9.59 Å². The third kappa shape index (κ3) is 0.659. The minimum Gasteiger partial charge on any atom is -0.481 e. The summed E-state index contributed by atoms with van der Waals surface area (Å²) in [7, 11) is 0. The van der Waals surface area contributed by atoms with E-state index in [1.807, 2.05) is 0 Å². The van der Waals surface area contributed by atoms with Gasteiger partial charge in [0.05, 0.1) is 5.41 Å². The molecule has 0 atom stereocenters. The fourth-order valence-corrected chi connectivity index (χ4v) is 1.94. The fraction of sp³-hybridized carbons (Fsp3) is 0.714. The van der Waals surface area contributed by atoms with Gasteiger partial charge < -0.3 is 10.4 Å². The average Bonchev–Trinajstić information content (AvgIpc) is 1.92. The van der Waals surface area contributed by atoms with Crippen molar-refractivity contribution in [3.8, 4) is 0 Å². The van der Waals surface area contributed by atoms with Crippen LogP contribution in [0.2, 0.25) is 0 Å². The minimum absolute atomic E-state index is 0.0623. The van der Waals surface area contributed by atoms with E-state index < -0.39 is 23.0 Å². The Kier molecular flexibility index (Phi) is 1.12. The Labute approximate surface area is 67.7 Å². The van der Waals surface area contributed by atoms with Gasteiger partial charge in [0.2, 0.25) is 0 Å². The van der Waals surface area contributed by atoms with E-state index in [4.69, 9.17) is 5.11 Å². The highest BCUT2D eigenvalue weighted by Gasteiger charge is 2.67. The number of nitrogens with one attached hydrogen (secondary N) is 1. The number of hydrogen-bond donors (Lipinski definition) is 2. The quantitative estimate of drug-likeness (QED) is 0.571. The second kappa shape index (κ2) is 1.78. The van der Waals surface area contributed by atoms with Crippen molar-refractivity contribution in [1.29, 1.82) is 0 Å². The summed E-state index contributed by atoms with van der Waals surface area (Å²) < 4.78 is 13.3. The number of alkyl halides is 1. The zero-order chi connectivity index (χ0) is 8.98. The number of carboxylic acids is 1. The van der Waals surface area contributed by atoms with Gasteiger partial charge in [-0.3, -0.25) is 9.59 Å². The van der Waals surface area contributed by atoms with Crippen molar-refractivity contribution in [2.45, 2.75) is 18.5 Å². The lowest BCUT2D eigenvalue weighted by atomic mass is 9.57. The van der Waals surface area contributed by atoms with E-state index in [1.54, 1.807) is 0 Å². The molecule has 1 saturated carbocycles. The lowest BCUT2D eigenvalue weighted by molar-refractivity contribution is -0.182. The maximum absolute atomic E-state index is 13.3. The van der Waals surface area contributed by atoms with E-state index in [9.17, 15) is 14.0 Å². The number of halogens is 1. The first kappa shape index (κ1) is 7.52. The number of aliphatic carboxylic acids is 1. The second-order valence-electron chi connectivity index (χ2n) is 3.59. The molecule has 2 bridgehead atoms. The predicted molar refractivity (Wildman–Crippen MR) is 36.2 cm³/mol. The van der Waals surface area contributed by atoms with E-state index in [-0.39, 0.29) is 19.4 Å². The zero-order valence-corrected chi connectivity index (χ0v) is 6.26. The van der Waals surface area contributed by atoms with Gasteiger partial charge in [-0.25, -0.2) is 4.39 Å². The number of carbonyl (C=O) groups is 2. The standard InChI is InChI=1S/C7H8FNO3/c8-7-1-6(2-7,5(11)12)3-9-4(7)10/h1-3H2,(H,9,10)(H,11,12). The van der Waals surface area contributed by atoms with Crippen LogP contribution in [0.15, 0.2) is 0 Å². The van der Waals surface area contributed by atoms with Gasteiger partial charge in [0.25, 0.3) is 5.91 Å². The topological polar surface area (TPSA) is 66.4 Å². The first-order chi connectivity index (χ1) is 5.49. The van der Waals surface area contributed by atoms with Crippen LogP contribution in [0.25, 0.3) is 0 Å². The maximum atomic E-state index is 13.3. The summed E-state index contributed by atoms with van der Waals surface area (Å²) in [6, 6.07) is 0. The SMILES string of the molecule is O=C1NCC2(C(=O)O)CC1(F)C2. The molecule has 3 aliphatic rings. The van der Waals surface area contributed by atoms with Gasteiger partial charge in [-0.2, -0.15) is 0 Å². The minimum atomic E-state index is -1.91. The summed E-state index contributed by atoms with van der Waals surface area (Å²) in [6.07, 6.45) is -0.331. The molecule has 2 heterocycles. The molecular formula is C7H8FNO3. The Balaban J connectivity index is 2.23. The van der Waals surface area contributed by atoms with Crippen molar-refractivity contribution in [3.05, 3.63) is 0 Å². The average molecular weight is 173 g/mol. The summed E-state index contributed by atoms with van der Waals surface area (Å²) in [4.78, 5) is 21.5. The lowest BCUT2D eigenvalue weighted by Gasteiger charge is -2.51. The molecule has 2 N–H and O–H groups in total. The van der Waals surface area contributed by atoms with Crippen molar-refractivity contribution in [2.24, 2.45) is 5.41 Å². The Hall–Kier alpha value is -1.13. The zero-order valence-electron chi connectivity index (χ0n) is 6.26. The highest BCUT2D eigenvalue weighted by atomic mass is 19.1. The second-order valence-corrected chi connectivity index (χ2v) is 3.59. The fourth-order valence-electron chi connectivity index (χ4n) is 1.94. The molecule has 4 nitrogen and oxygen atoms in total. The van der Waals surface area contributed by atoms with Crippen LogP contribution in [0.3, 0.4) is 0 Å².